The fourth-order valence-electron chi connectivity index (χ4n) is 11.1. The molecule has 5 aromatic rings. The van der Waals surface area contributed by atoms with Crippen LogP contribution in [0.1, 0.15) is 84.4 Å². The molecule has 0 radical (unpaired) electrons. The summed E-state index contributed by atoms with van der Waals surface area (Å²) < 4.78 is 18.1. The number of hydrogen-bond donors (Lipinski definition) is 4. The van der Waals surface area contributed by atoms with E-state index in [1.54, 1.807) is 79.7 Å². The van der Waals surface area contributed by atoms with E-state index in [-0.39, 0.29) is 55.8 Å². The maximum Gasteiger partial charge on any atom is 0.329 e. The third-order valence-corrected chi connectivity index (χ3v) is 14.2. The molecular formula is C55H56N8O10. The molecule has 9 rings (SSSR count). The number of carbonyl (C=O) groups excluding carboxylic acids is 6. The number of para-hydroxylation sites is 1. The number of carbonyl (C=O) groups is 6. The average molecular weight is 989 g/mol. The number of ether oxygens (including phenoxy) is 3. The second-order valence-electron chi connectivity index (χ2n) is 18.7. The summed E-state index contributed by atoms with van der Waals surface area (Å²) in [4.78, 5) is 103. The van der Waals surface area contributed by atoms with Crippen molar-refractivity contribution in [1.82, 2.24) is 30.4 Å². The predicted molar refractivity (Wildman–Crippen MR) is 265 cm³/mol. The molecule has 0 unspecified atom stereocenters. The van der Waals surface area contributed by atoms with Crippen molar-refractivity contribution in [2.75, 3.05) is 44.9 Å². The van der Waals surface area contributed by atoms with Gasteiger partial charge in [0.25, 0.3) is 0 Å². The maximum absolute atomic E-state index is 16.9. The van der Waals surface area contributed by atoms with Gasteiger partial charge >= 0.3 is 24.0 Å². The van der Waals surface area contributed by atoms with Crippen LogP contribution in [0.3, 0.4) is 0 Å². The highest BCUT2D eigenvalue weighted by atomic mass is 16.6. The first-order chi connectivity index (χ1) is 35.4. The van der Waals surface area contributed by atoms with E-state index in [0.717, 1.165) is 4.90 Å². The molecule has 3 saturated heterocycles. The average Bonchev–Trinajstić information content (AvgIpc) is 3.87. The van der Waals surface area contributed by atoms with Crippen LogP contribution in [0.4, 0.5) is 15.3 Å². The topological polar surface area (TPSA) is 236 Å². The van der Waals surface area contributed by atoms with Gasteiger partial charge in [0.1, 0.15) is 41.8 Å². The molecule has 0 aliphatic carbocycles. The number of nitrogens with two attached hydrogens (primary N) is 1. The van der Waals surface area contributed by atoms with Crippen molar-refractivity contribution in [1.29, 1.82) is 0 Å². The Labute approximate surface area is 422 Å². The van der Waals surface area contributed by atoms with Crippen molar-refractivity contribution < 1.29 is 48.1 Å². The van der Waals surface area contributed by atoms with E-state index >= 15 is 19.2 Å². The maximum atomic E-state index is 16.9. The monoisotopic (exact) mass is 988 g/mol. The smallest absolute Gasteiger partial charge is 0.329 e. The van der Waals surface area contributed by atoms with Crippen molar-refractivity contribution in [3.05, 3.63) is 155 Å². The second kappa shape index (κ2) is 21.3. The van der Waals surface area contributed by atoms with E-state index in [2.05, 4.69) is 32.4 Å². The van der Waals surface area contributed by atoms with E-state index in [1.165, 1.54) is 7.11 Å². The van der Waals surface area contributed by atoms with Gasteiger partial charge in [0.2, 0.25) is 11.8 Å². The standard InChI is InChI=1S/C55H56N8O10/c1-33(2)43(50(66)71-3)60-54(70)62-40-22-21-34(14-12-25-59-53(56)69)32-39(40)55(52(62)68)42(49(65)61-28-23-37(24-29-61)48-57-26-13-27-58-48)45-51(67)73-46(36-17-8-5-9-18-36)44(35-15-6-4-7-16-35)63(45)47(55)38-19-10-11-20-41(38)72-31-30-64/h4-11,13,15-22,26-27,32-33,37,42-47,64H,23-25,28-31H2,1-3H3,(H,60,70)(H3,56,59,69)/t42-,43-,44-,45-,46+,47+,55-/m1/s1. The molecule has 5 N–H and O–H groups in total. The number of amides is 6. The van der Waals surface area contributed by atoms with Gasteiger partial charge in [0, 0.05) is 42.5 Å². The largest absolute Gasteiger partial charge is 0.491 e. The number of aromatic nitrogens is 2. The van der Waals surface area contributed by atoms with Crippen LogP contribution < -0.4 is 26.0 Å². The minimum Gasteiger partial charge on any atom is -0.491 e. The third-order valence-electron chi connectivity index (χ3n) is 14.2. The highest BCUT2D eigenvalue weighted by Gasteiger charge is 2.76. The first-order valence-electron chi connectivity index (χ1n) is 24.3. The Kier molecular flexibility index (Phi) is 14.5. The van der Waals surface area contributed by atoms with E-state index in [1.807, 2.05) is 65.6 Å². The molecule has 0 saturated carbocycles. The Balaban J connectivity index is 1.34. The van der Waals surface area contributed by atoms with Crippen LogP contribution in [0, 0.1) is 23.7 Å². The van der Waals surface area contributed by atoms with E-state index in [4.69, 9.17) is 19.9 Å². The number of likely N-dealkylation sites (tertiary alicyclic amines) is 1. The number of piperidine rings is 1. The Morgan fingerprint density at radius 1 is 0.890 bits per heavy atom. The van der Waals surface area contributed by atoms with Crippen molar-refractivity contribution in [3.63, 3.8) is 0 Å². The third kappa shape index (κ3) is 9.21. The summed E-state index contributed by atoms with van der Waals surface area (Å²) in [5, 5.41) is 15.4. The SMILES string of the molecule is COC(=O)[C@H](NC(=O)N1C(=O)[C@@]2(c3cc(C#CCNC(N)=O)ccc31)[C@H](c1ccccc1OCCO)N1[C@H](c3ccccc3)[C@H](c3ccccc3)OC(=O)[C@H]1[C@@H]2C(=O)N1CCC(c2ncccn2)CC1)C(C)C. The molecule has 4 aromatic carbocycles. The Hall–Kier alpha value is -8.14. The lowest BCUT2D eigenvalue weighted by atomic mass is 9.64. The van der Waals surface area contributed by atoms with Crippen molar-refractivity contribution >= 4 is 41.5 Å². The van der Waals surface area contributed by atoms with Gasteiger partial charge in [0.05, 0.1) is 44.0 Å². The lowest BCUT2D eigenvalue weighted by molar-refractivity contribution is -0.179. The van der Waals surface area contributed by atoms with Crippen LogP contribution in [0.25, 0.3) is 0 Å². The molecule has 18 nitrogen and oxygen atoms in total. The number of aliphatic hydroxyl groups is 1. The predicted octanol–water partition coefficient (Wildman–Crippen LogP) is 4.85. The molecule has 18 heteroatoms. The molecule has 5 heterocycles. The zero-order chi connectivity index (χ0) is 51.4. The molecule has 7 atom stereocenters. The van der Waals surface area contributed by atoms with Gasteiger partial charge in [-0.05, 0) is 65.8 Å². The number of methoxy groups -OCH3 is 1. The molecule has 1 aromatic heterocycles. The van der Waals surface area contributed by atoms with Crippen LogP contribution in [0.5, 0.6) is 5.75 Å². The fraction of sp³-hybridized carbons (Fsp3) is 0.345. The molecular weight excluding hydrogens is 933 g/mol. The first-order valence-corrected chi connectivity index (χ1v) is 24.3. The molecule has 376 valence electrons. The van der Waals surface area contributed by atoms with Crippen LogP contribution in [-0.4, -0.2) is 113 Å². The van der Waals surface area contributed by atoms with Gasteiger partial charge in [-0.1, -0.05) is 105 Å². The minimum atomic E-state index is -2.19. The normalized spacial score (nSPS) is 22.9. The Bertz CT molecular complexity index is 2940. The quantitative estimate of drug-likeness (QED) is 0.0969. The number of aliphatic hydroxyl groups excluding tert-OH is 1. The van der Waals surface area contributed by atoms with E-state index in [9.17, 15) is 14.7 Å². The first kappa shape index (κ1) is 49.8. The lowest BCUT2D eigenvalue weighted by Crippen LogP contribution is -2.58. The summed E-state index contributed by atoms with van der Waals surface area (Å²) in [6, 6.07) is 25.4. The number of morpholine rings is 1. The summed E-state index contributed by atoms with van der Waals surface area (Å²) in [6.07, 6.45) is 3.30. The van der Waals surface area contributed by atoms with Crippen molar-refractivity contribution in [2.24, 2.45) is 17.6 Å². The second-order valence-corrected chi connectivity index (χ2v) is 18.7. The van der Waals surface area contributed by atoms with Crippen LogP contribution in [0.2, 0.25) is 0 Å². The molecule has 0 bridgehead atoms. The van der Waals surface area contributed by atoms with Crippen LogP contribution >= 0.6 is 0 Å². The van der Waals surface area contributed by atoms with Gasteiger partial charge in [-0.2, -0.15) is 0 Å². The summed E-state index contributed by atoms with van der Waals surface area (Å²) in [5.74, 6) is 1.70. The number of nitrogens with one attached hydrogen (secondary N) is 2. The molecule has 4 aliphatic rings. The van der Waals surface area contributed by atoms with Gasteiger partial charge < -0.3 is 40.6 Å². The number of nitrogens with zero attached hydrogens (tertiary/aromatic N) is 5. The number of hydrogen-bond acceptors (Lipinski definition) is 13. The lowest BCUT2D eigenvalue weighted by Gasteiger charge is -2.46. The number of imide groups is 1. The van der Waals surface area contributed by atoms with Crippen LogP contribution in [-0.2, 0) is 34.1 Å². The number of anilines is 1. The summed E-state index contributed by atoms with van der Waals surface area (Å²) in [7, 11) is 1.20. The number of primary amides is 1. The minimum absolute atomic E-state index is 0.0660. The zero-order valence-corrected chi connectivity index (χ0v) is 40.6. The number of urea groups is 2. The van der Waals surface area contributed by atoms with Crippen LogP contribution in [0.15, 0.2) is 122 Å². The van der Waals surface area contributed by atoms with Gasteiger partial charge in [0.15, 0.2) is 0 Å². The Morgan fingerprint density at radius 2 is 1.56 bits per heavy atom. The Morgan fingerprint density at radius 3 is 2.22 bits per heavy atom. The summed E-state index contributed by atoms with van der Waals surface area (Å²) >= 11 is 0. The number of benzene rings is 4. The number of cyclic esters (lactones) is 1. The van der Waals surface area contributed by atoms with Crippen molar-refractivity contribution in [3.8, 4) is 17.6 Å². The van der Waals surface area contributed by atoms with Crippen molar-refractivity contribution in [2.45, 2.75) is 68.3 Å². The summed E-state index contributed by atoms with van der Waals surface area (Å²) in [5.41, 5.74) is 5.45. The van der Waals surface area contributed by atoms with E-state index in [0.29, 0.717) is 40.9 Å². The fourth-order valence-corrected chi connectivity index (χ4v) is 11.1. The van der Waals surface area contributed by atoms with Gasteiger partial charge in [-0.25, -0.2) is 29.3 Å². The van der Waals surface area contributed by atoms with Gasteiger partial charge in [-0.15, -0.1) is 0 Å². The molecule has 4 aliphatic heterocycles. The van der Waals surface area contributed by atoms with Gasteiger partial charge in [-0.3, -0.25) is 19.3 Å². The molecule has 1 spiro atoms. The molecule has 3 fully saturated rings. The summed E-state index contributed by atoms with van der Waals surface area (Å²) in [6.45, 7) is 3.22. The highest BCUT2D eigenvalue weighted by Crippen LogP contribution is 2.67. The molecule has 73 heavy (non-hydrogen) atoms. The number of fused-ring (bicyclic) bond motifs is 3. The highest BCUT2D eigenvalue weighted by molar-refractivity contribution is 6.25. The molecule has 6 amide bonds. The zero-order valence-electron chi connectivity index (χ0n) is 40.6. The van der Waals surface area contributed by atoms with E-state index < -0.39 is 83.3 Å². The number of rotatable bonds is 12. The number of esters is 2.